The molecular formula is C83H108F5N5O16. The summed E-state index contributed by atoms with van der Waals surface area (Å²) in [5.74, 6) is -5.16. The third-order valence-corrected chi connectivity index (χ3v) is 15.5. The van der Waals surface area contributed by atoms with E-state index in [0.717, 1.165) is 36.9 Å². The number of imide groups is 2. The van der Waals surface area contributed by atoms with Crippen LogP contribution in [0.15, 0.2) is 84.9 Å². The van der Waals surface area contributed by atoms with Crippen LogP contribution in [0.4, 0.5) is 39.0 Å². The molecule has 2 heterocycles. The Kier molecular flexibility index (Phi) is 33.1. The van der Waals surface area contributed by atoms with E-state index >= 15 is 0 Å². The molecule has 2 saturated heterocycles. The van der Waals surface area contributed by atoms with Crippen LogP contribution >= 0.6 is 0 Å². The van der Waals surface area contributed by atoms with Crippen LogP contribution in [0, 0.1) is 80.3 Å². The minimum absolute atomic E-state index is 0.0326. The summed E-state index contributed by atoms with van der Waals surface area (Å²) in [4.78, 5) is 122. The molecule has 5 aromatic carbocycles. The van der Waals surface area contributed by atoms with Crippen molar-refractivity contribution < 1.29 is 98.5 Å². The number of carbonyl (C=O) groups excluding carboxylic acids is 10. The van der Waals surface area contributed by atoms with Gasteiger partial charge in [0, 0.05) is 96.0 Å². The van der Waals surface area contributed by atoms with Gasteiger partial charge in [-0.05, 0) is 189 Å². The zero-order valence-electron chi connectivity index (χ0n) is 66.8. The number of hydroxylamine groups is 4. The summed E-state index contributed by atoms with van der Waals surface area (Å²) in [6.45, 7) is 41.0. The van der Waals surface area contributed by atoms with Crippen molar-refractivity contribution in [1.29, 1.82) is 0 Å². The molecule has 9 rings (SSSR count). The SMILES string of the molecule is CC(=O)c1ccc(OC(C)(C)C)cc1N.CC(C)(C)C(=O)ON1C(=O)CCC1=O.CC(C)(C)C(=O)Oc1c(F)c(F)c(F)c(F)c1F.CC(C)(C)C1C2CCC#CCCC21.CC(C)(C)CC(=O)ON1C(=O)CCC1=O.CC(C)(C)Oc1ccc(C(=O)c2ccccc2)c(N)c1.CC(C)(C)Oc1ccc(C=O)c(N)c1. The number of hydrogen-bond acceptors (Lipinski definition) is 19. The van der Waals surface area contributed by atoms with Crippen molar-refractivity contribution in [3.05, 3.63) is 136 Å². The monoisotopic (exact) mass is 1530 g/mol. The molecule has 21 nitrogen and oxygen atoms in total. The molecule has 2 aliphatic carbocycles. The molecule has 0 bridgehead atoms. The zero-order chi connectivity index (χ0) is 83.4. The molecule has 0 spiro atoms. The highest BCUT2D eigenvalue weighted by molar-refractivity contribution is 6.12. The molecule has 1 saturated carbocycles. The fourth-order valence-corrected chi connectivity index (χ4v) is 10.5. The highest BCUT2D eigenvalue weighted by Crippen LogP contribution is 2.60. The van der Waals surface area contributed by atoms with Gasteiger partial charge in [0.05, 0.1) is 17.3 Å². The van der Waals surface area contributed by atoms with E-state index in [1.54, 1.807) is 87.5 Å². The van der Waals surface area contributed by atoms with Crippen molar-refractivity contribution in [3.8, 4) is 34.8 Å². The van der Waals surface area contributed by atoms with Crippen LogP contribution in [-0.4, -0.2) is 86.3 Å². The van der Waals surface area contributed by atoms with Crippen molar-refractivity contribution in [3.63, 3.8) is 0 Å². The van der Waals surface area contributed by atoms with Gasteiger partial charge >= 0.3 is 17.9 Å². The molecule has 0 aromatic heterocycles. The van der Waals surface area contributed by atoms with E-state index in [4.69, 9.17) is 41.1 Å². The Morgan fingerprint density at radius 1 is 0.486 bits per heavy atom. The third-order valence-electron chi connectivity index (χ3n) is 15.5. The smallest absolute Gasteiger partial charge is 0.338 e. The third kappa shape index (κ3) is 31.1. The number of carbonyl (C=O) groups is 10. The second-order valence-electron chi connectivity index (χ2n) is 33.5. The fourth-order valence-electron chi connectivity index (χ4n) is 10.5. The summed E-state index contributed by atoms with van der Waals surface area (Å²) in [6.07, 6.45) is 6.41. The minimum Gasteiger partial charge on any atom is -0.488 e. The fraction of sp³-hybridized carbons (Fsp3) is 0.494. The number of benzene rings is 5. The number of nitrogen functional groups attached to an aromatic ring is 3. The number of amides is 4. The van der Waals surface area contributed by atoms with Crippen LogP contribution < -0.4 is 36.1 Å². The van der Waals surface area contributed by atoms with Crippen LogP contribution in [0.25, 0.3) is 0 Å². The van der Waals surface area contributed by atoms with Gasteiger partial charge in [-0.3, -0.25) is 38.4 Å². The quantitative estimate of drug-likeness (QED) is 0.0106. The van der Waals surface area contributed by atoms with Crippen molar-refractivity contribution >= 4 is 76.5 Å². The first-order valence-corrected chi connectivity index (χ1v) is 35.5. The summed E-state index contributed by atoms with van der Waals surface area (Å²) >= 11 is 0. The van der Waals surface area contributed by atoms with Crippen molar-refractivity contribution in [1.82, 2.24) is 10.1 Å². The highest BCUT2D eigenvalue weighted by atomic mass is 19.2. The number of fused-ring (bicyclic) bond motifs is 1. The van der Waals surface area contributed by atoms with Crippen LogP contribution in [0.1, 0.15) is 247 Å². The number of aldehydes is 1. The number of hydrogen-bond donors (Lipinski definition) is 3. The second kappa shape index (κ2) is 38.7. The van der Waals surface area contributed by atoms with Gasteiger partial charge < -0.3 is 45.8 Å². The van der Waals surface area contributed by atoms with E-state index < -0.39 is 87.2 Å². The van der Waals surface area contributed by atoms with Crippen LogP contribution in [-0.2, 0) is 43.2 Å². The number of anilines is 3. The van der Waals surface area contributed by atoms with E-state index in [9.17, 15) is 69.9 Å². The number of Topliss-reactive ketones (excluding diaryl/α,β-unsaturated/α-hetero) is 1. The van der Waals surface area contributed by atoms with E-state index in [1.165, 1.54) is 40.5 Å². The largest absolute Gasteiger partial charge is 0.488 e. The Hall–Kier alpha value is -10.2. The van der Waals surface area contributed by atoms with Crippen LogP contribution in [0.5, 0.6) is 23.0 Å². The number of esters is 1. The summed E-state index contributed by atoms with van der Waals surface area (Å²) in [5, 5.41) is 1.14. The summed E-state index contributed by atoms with van der Waals surface area (Å²) < 4.78 is 85.8. The number of nitrogens with zero attached hydrogens (tertiary/aromatic N) is 2. The lowest BCUT2D eigenvalue weighted by atomic mass is 9.87. The van der Waals surface area contributed by atoms with Gasteiger partial charge in [0.2, 0.25) is 34.8 Å². The summed E-state index contributed by atoms with van der Waals surface area (Å²) in [6, 6.07) is 24.5. The number of ketones is 2. The zero-order valence-corrected chi connectivity index (χ0v) is 66.8. The predicted molar refractivity (Wildman–Crippen MR) is 404 cm³/mol. The molecule has 5 aromatic rings. The molecule has 26 heteroatoms. The molecule has 6 N–H and O–H groups in total. The normalized spacial score (nSPS) is 16.0. The maximum Gasteiger partial charge on any atom is 0.338 e. The van der Waals surface area contributed by atoms with Gasteiger partial charge in [0.25, 0.3) is 23.6 Å². The Morgan fingerprint density at radius 3 is 1.19 bits per heavy atom. The molecule has 2 unspecified atom stereocenters. The van der Waals surface area contributed by atoms with Crippen LogP contribution in [0.2, 0.25) is 0 Å². The first-order chi connectivity index (χ1) is 49.9. The molecule has 2 atom stereocenters. The first-order valence-electron chi connectivity index (χ1n) is 35.5. The Balaban J connectivity index is 0.000000331. The van der Waals surface area contributed by atoms with E-state index in [-0.39, 0.29) is 65.9 Å². The van der Waals surface area contributed by atoms with Crippen molar-refractivity contribution in [2.45, 2.75) is 227 Å². The van der Waals surface area contributed by atoms with Crippen LogP contribution in [0.3, 0.4) is 0 Å². The average molecular weight is 1530 g/mol. The lowest BCUT2D eigenvalue weighted by Crippen LogP contribution is -2.36. The molecule has 0 radical (unpaired) electrons. The lowest BCUT2D eigenvalue weighted by molar-refractivity contribution is -0.203. The van der Waals surface area contributed by atoms with Gasteiger partial charge in [-0.1, -0.05) is 71.9 Å². The second-order valence-corrected chi connectivity index (χ2v) is 33.5. The molecular weight excluding hydrogens is 1420 g/mol. The maximum absolute atomic E-state index is 13.2. The predicted octanol–water partition coefficient (Wildman–Crippen LogP) is 17.1. The van der Waals surface area contributed by atoms with Gasteiger partial charge in [0.15, 0.2) is 17.9 Å². The first kappa shape index (κ1) is 93.0. The maximum atomic E-state index is 13.2. The molecule has 596 valence electrons. The average Bonchev–Trinajstić information content (AvgIpc) is 1.57. The number of nitrogens with two attached hydrogens (primary N) is 3. The number of halogens is 5. The minimum atomic E-state index is -2.31. The van der Waals surface area contributed by atoms with Gasteiger partial charge in [0.1, 0.15) is 34.1 Å². The molecule has 109 heavy (non-hydrogen) atoms. The molecule has 2 aliphatic heterocycles. The molecule has 3 fully saturated rings. The van der Waals surface area contributed by atoms with Gasteiger partial charge in [-0.25, -0.2) is 22.8 Å². The standard InChI is InChI=1S/C17H19NO2.C13H20.C12H17NO2.C11H9F5O2.C11H15NO2.C10H15NO4.C9H13NO4/c1-17(2,3)20-13-9-10-14(15(18)11-13)16(19)12-7-5-4-6-8-12;1-13(2,3)12-10-8-6-4-5-7-9-11(10)12;1-8(14)10-6-5-9(7-11(10)13)15-12(2,3)4;1-11(2,3)10(17)18-9-7(15)5(13)4(12)6(14)8(9)16;1-11(2,3)14-9-5-4-8(7-13)10(12)6-9;1-10(2,3)6-9(14)15-11-7(12)4-5-8(11)13;1-9(2,3)8(13)14-10-6(11)4-5-7(10)12/h4-11H,18H2,1-3H3;10-12H,6-9H2,1-3H3;5-7H,13H2,1-4H3;1-3H3;4-7H,12H2,1-3H3;4-6H2,1-3H3;4-5H2,1-3H3. The Morgan fingerprint density at radius 2 is 0.853 bits per heavy atom. The lowest BCUT2D eigenvalue weighted by Gasteiger charge is -2.21. The van der Waals surface area contributed by atoms with Gasteiger partial charge in [-0.2, -0.15) is 8.78 Å². The number of ether oxygens (including phenoxy) is 4. The van der Waals surface area contributed by atoms with E-state index in [2.05, 4.69) is 37.3 Å². The Bertz CT molecular complexity index is 4080. The highest BCUT2D eigenvalue weighted by Gasteiger charge is 2.54. The van der Waals surface area contributed by atoms with Crippen molar-refractivity contribution in [2.75, 3.05) is 17.2 Å². The summed E-state index contributed by atoms with van der Waals surface area (Å²) in [5.41, 5.74) is 18.5. The topological polar surface area (TPSA) is 311 Å². The number of rotatable bonds is 11. The summed E-state index contributed by atoms with van der Waals surface area (Å²) in [7, 11) is 0. The van der Waals surface area contributed by atoms with E-state index in [0.29, 0.717) is 72.1 Å². The molecule has 4 amide bonds. The Labute approximate surface area is 637 Å². The molecule has 4 aliphatic rings. The van der Waals surface area contributed by atoms with Crippen molar-refractivity contribution in [2.24, 2.45) is 39.4 Å². The van der Waals surface area contributed by atoms with Gasteiger partial charge in [-0.15, -0.1) is 22.0 Å². The van der Waals surface area contributed by atoms with E-state index in [1.807, 2.05) is 101 Å².